The second kappa shape index (κ2) is 10.0. The number of likely N-dealkylation sites (tertiary alicyclic amines) is 1. The van der Waals surface area contributed by atoms with E-state index in [1.165, 1.54) is 19.3 Å². The predicted molar refractivity (Wildman–Crippen MR) is 121 cm³/mol. The Morgan fingerprint density at radius 1 is 0.903 bits per heavy atom. The lowest BCUT2D eigenvalue weighted by atomic mass is 10.1. The Balaban J connectivity index is 1.45. The molecule has 7 heteroatoms. The molecule has 0 radical (unpaired) electrons. The molecule has 1 aromatic heterocycles. The first-order valence-electron chi connectivity index (χ1n) is 11.1. The fourth-order valence-corrected chi connectivity index (χ4v) is 4.26. The summed E-state index contributed by atoms with van der Waals surface area (Å²) in [7, 11) is 1.62. The Morgan fingerprint density at radius 2 is 1.55 bits per heavy atom. The number of rotatable bonds is 9. The predicted octanol–water partition coefficient (Wildman–Crippen LogP) is 2.86. The molecule has 1 aliphatic rings. The highest BCUT2D eigenvalue weighted by Crippen LogP contribution is 2.18. The molecule has 0 unspecified atom stereocenters. The van der Waals surface area contributed by atoms with Gasteiger partial charge >= 0.3 is 0 Å². The van der Waals surface area contributed by atoms with E-state index in [1.54, 1.807) is 7.11 Å². The van der Waals surface area contributed by atoms with Crippen molar-refractivity contribution in [3.05, 3.63) is 54.1 Å². The van der Waals surface area contributed by atoms with Crippen LogP contribution in [0, 0.1) is 5.41 Å². The molecule has 0 saturated carbocycles. The van der Waals surface area contributed by atoms with Gasteiger partial charge < -0.3 is 28.6 Å². The zero-order valence-electron chi connectivity index (χ0n) is 18.2. The molecule has 4 rings (SSSR count). The van der Waals surface area contributed by atoms with Crippen molar-refractivity contribution < 1.29 is 14.6 Å². The third-order valence-corrected chi connectivity index (χ3v) is 5.96. The molecule has 0 bridgehead atoms. The average Bonchev–Trinajstić information content (AvgIpc) is 3.08. The van der Waals surface area contributed by atoms with Gasteiger partial charge in [-0.05, 0) is 62.3 Å². The second-order valence-electron chi connectivity index (χ2n) is 8.12. The third-order valence-electron chi connectivity index (χ3n) is 5.96. The zero-order valence-corrected chi connectivity index (χ0v) is 18.2. The molecule has 1 aliphatic heterocycles. The Kier molecular flexibility index (Phi) is 6.94. The zero-order chi connectivity index (χ0) is 21.6. The SMILES string of the molecule is COc1ccc(OC[C@H](O)Cn2c(=N)n(CCN3CCCCC3)c3ccccc32)cc1. The van der Waals surface area contributed by atoms with Gasteiger partial charge in [0, 0.05) is 13.1 Å². The number of piperidine rings is 1. The van der Waals surface area contributed by atoms with E-state index in [0.717, 1.165) is 43.0 Å². The standard InChI is InChI=1S/C24H32N4O3/c1-30-20-9-11-21(12-10-20)31-18-19(29)17-28-23-8-4-3-7-22(23)27(24(28)25)16-15-26-13-5-2-6-14-26/h3-4,7-12,19,25,29H,2,5-6,13-18H2,1H3/t19-/m1/s1. The highest BCUT2D eigenvalue weighted by atomic mass is 16.5. The van der Waals surface area contributed by atoms with Crippen molar-refractivity contribution in [3.8, 4) is 11.5 Å². The van der Waals surface area contributed by atoms with Crippen molar-refractivity contribution in [1.82, 2.24) is 14.0 Å². The van der Waals surface area contributed by atoms with Gasteiger partial charge in [0.25, 0.3) is 0 Å². The molecule has 1 fully saturated rings. The number of imidazole rings is 1. The largest absolute Gasteiger partial charge is 0.497 e. The minimum Gasteiger partial charge on any atom is -0.497 e. The number of hydrogen-bond acceptors (Lipinski definition) is 5. The highest BCUT2D eigenvalue weighted by Gasteiger charge is 2.16. The van der Waals surface area contributed by atoms with Crippen LogP contribution >= 0.6 is 0 Å². The molecule has 166 valence electrons. The molecular weight excluding hydrogens is 392 g/mol. The molecule has 0 spiro atoms. The number of aliphatic hydroxyl groups excluding tert-OH is 1. The summed E-state index contributed by atoms with van der Waals surface area (Å²) in [5.74, 6) is 1.44. The van der Waals surface area contributed by atoms with Crippen LogP contribution in [0.15, 0.2) is 48.5 Å². The van der Waals surface area contributed by atoms with Crippen molar-refractivity contribution >= 4 is 11.0 Å². The maximum atomic E-state index is 10.6. The first kappa shape index (κ1) is 21.5. The number of benzene rings is 2. The van der Waals surface area contributed by atoms with Crippen molar-refractivity contribution in [2.24, 2.45) is 0 Å². The number of nitrogens with zero attached hydrogens (tertiary/aromatic N) is 3. The molecule has 2 N–H and O–H groups in total. The van der Waals surface area contributed by atoms with Crippen molar-refractivity contribution in [1.29, 1.82) is 5.41 Å². The Morgan fingerprint density at radius 3 is 2.23 bits per heavy atom. The molecule has 7 nitrogen and oxygen atoms in total. The summed E-state index contributed by atoms with van der Waals surface area (Å²) in [6.45, 7) is 4.50. The second-order valence-corrected chi connectivity index (χ2v) is 8.12. The van der Waals surface area contributed by atoms with Crippen LogP contribution in [0.25, 0.3) is 11.0 Å². The molecule has 3 aromatic rings. The van der Waals surface area contributed by atoms with Crippen LogP contribution in [0.4, 0.5) is 0 Å². The quantitative estimate of drug-likeness (QED) is 0.554. The number of hydrogen-bond donors (Lipinski definition) is 2. The number of para-hydroxylation sites is 2. The summed E-state index contributed by atoms with van der Waals surface area (Å²) in [5.41, 5.74) is 2.42. The van der Waals surface area contributed by atoms with Gasteiger partial charge in [-0.1, -0.05) is 18.6 Å². The van der Waals surface area contributed by atoms with Gasteiger partial charge in [-0.3, -0.25) is 5.41 Å². The number of methoxy groups -OCH3 is 1. The summed E-state index contributed by atoms with van der Waals surface area (Å²) in [6.07, 6.45) is 3.13. The van der Waals surface area contributed by atoms with E-state index < -0.39 is 6.10 Å². The Hall–Kier alpha value is -2.77. The normalized spacial score (nSPS) is 15.8. The van der Waals surface area contributed by atoms with E-state index >= 15 is 0 Å². The summed E-state index contributed by atoms with van der Waals surface area (Å²) >= 11 is 0. The summed E-state index contributed by atoms with van der Waals surface area (Å²) in [4.78, 5) is 2.49. The number of aliphatic hydroxyl groups is 1. The van der Waals surface area contributed by atoms with E-state index in [2.05, 4.69) is 15.5 Å². The maximum Gasteiger partial charge on any atom is 0.203 e. The molecule has 0 amide bonds. The van der Waals surface area contributed by atoms with Crippen LogP contribution in [0.1, 0.15) is 19.3 Å². The minimum atomic E-state index is -0.724. The van der Waals surface area contributed by atoms with Crippen LogP contribution in [0.5, 0.6) is 11.5 Å². The Labute approximate surface area is 182 Å². The first-order valence-corrected chi connectivity index (χ1v) is 11.1. The van der Waals surface area contributed by atoms with Crippen LogP contribution in [0.2, 0.25) is 0 Å². The topological polar surface area (TPSA) is 75.6 Å². The van der Waals surface area contributed by atoms with Gasteiger partial charge in [0.15, 0.2) is 0 Å². The summed E-state index contributed by atoms with van der Waals surface area (Å²) in [6, 6.07) is 15.4. The summed E-state index contributed by atoms with van der Waals surface area (Å²) in [5, 5.41) is 19.4. The lowest BCUT2D eigenvalue weighted by Gasteiger charge is -2.26. The Bertz CT molecular complexity index is 1040. The average molecular weight is 425 g/mol. The first-order chi connectivity index (χ1) is 15.2. The van der Waals surface area contributed by atoms with E-state index in [9.17, 15) is 5.11 Å². The molecule has 31 heavy (non-hydrogen) atoms. The lowest BCUT2D eigenvalue weighted by Crippen LogP contribution is -2.36. The molecule has 2 heterocycles. The fourth-order valence-electron chi connectivity index (χ4n) is 4.26. The van der Waals surface area contributed by atoms with E-state index in [0.29, 0.717) is 17.9 Å². The van der Waals surface area contributed by atoms with Crippen molar-refractivity contribution in [3.63, 3.8) is 0 Å². The van der Waals surface area contributed by atoms with Gasteiger partial charge in [-0.25, -0.2) is 0 Å². The number of ether oxygens (including phenoxy) is 2. The van der Waals surface area contributed by atoms with Crippen LogP contribution < -0.4 is 15.1 Å². The lowest BCUT2D eigenvalue weighted by molar-refractivity contribution is 0.0920. The number of nitrogens with one attached hydrogen (secondary N) is 1. The summed E-state index contributed by atoms with van der Waals surface area (Å²) < 4.78 is 14.8. The van der Waals surface area contributed by atoms with Crippen LogP contribution in [-0.4, -0.2) is 58.6 Å². The van der Waals surface area contributed by atoms with Gasteiger partial charge in [0.2, 0.25) is 5.62 Å². The molecule has 0 aliphatic carbocycles. The van der Waals surface area contributed by atoms with E-state index in [4.69, 9.17) is 14.9 Å². The molecule has 1 atom stereocenters. The highest BCUT2D eigenvalue weighted by molar-refractivity contribution is 5.75. The number of aromatic nitrogens is 2. The minimum absolute atomic E-state index is 0.159. The molecule has 2 aromatic carbocycles. The van der Waals surface area contributed by atoms with Crippen LogP contribution in [-0.2, 0) is 13.1 Å². The number of fused-ring (bicyclic) bond motifs is 1. The van der Waals surface area contributed by atoms with Gasteiger partial charge in [0.1, 0.15) is 24.2 Å². The van der Waals surface area contributed by atoms with Gasteiger partial charge in [-0.15, -0.1) is 0 Å². The van der Waals surface area contributed by atoms with Gasteiger partial charge in [0.05, 0.1) is 24.7 Å². The van der Waals surface area contributed by atoms with E-state index in [1.807, 2.05) is 47.0 Å². The third kappa shape index (κ3) is 5.11. The van der Waals surface area contributed by atoms with Gasteiger partial charge in [-0.2, -0.15) is 0 Å². The van der Waals surface area contributed by atoms with Crippen molar-refractivity contribution in [2.45, 2.75) is 38.5 Å². The maximum absolute atomic E-state index is 10.6. The van der Waals surface area contributed by atoms with Crippen molar-refractivity contribution in [2.75, 3.05) is 33.4 Å². The van der Waals surface area contributed by atoms with E-state index in [-0.39, 0.29) is 6.61 Å². The smallest absolute Gasteiger partial charge is 0.203 e. The molecule has 1 saturated heterocycles. The molecular formula is C24H32N4O3. The monoisotopic (exact) mass is 424 g/mol. The van der Waals surface area contributed by atoms with Crippen LogP contribution in [0.3, 0.4) is 0 Å². The fraction of sp³-hybridized carbons (Fsp3) is 0.458.